The molecular weight excluding hydrogens is 414 g/mol. The normalized spacial score (nSPS) is 11.2. The Morgan fingerprint density at radius 1 is 1.31 bits per heavy atom. The molecule has 0 saturated heterocycles. The van der Waals surface area contributed by atoms with Crippen molar-refractivity contribution < 1.29 is 19.4 Å². The quantitative estimate of drug-likeness (QED) is 0.354. The van der Waals surface area contributed by atoms with Crippen molar-refractivity contribution in [2.24, 2.45) is 0 Å². The van der Waals surface area contributed by atoms with Crippen molar-refractivity contribution in [3.8, 4) is 5.88 Å². The van der Waals surface area contributed by atoms with Crippen molar-refractivity contribution in [2.45, 2.75) is 46.7 Å². The molecule has 0 saturated carbocycles. The third-order valence-corrected chi connectivity index (χ3v) is 4.78. The summed E-state index contributed by atoms with van der Waals surface area (Å²) < 4.78 is 12.1. The molecule has 0 aromatic carbocycles. The van der Waals surface area contributed by atoms with E-state index < -0.39 is 6.16 Å². The Hall–Kier alpha value is -3.47. The molecule has 11 heteroatoms. The number of aryl methyl sites for hydroxylation is 1. The Morgan fingerprint density at radius 3 is 2.75 bits per heavy atom. The van der Waals surface area contributed by atoms with Crippen LogP contribution in [0.2, 0.25) is 0 Å². The van der Waals surface area contributed by atoms with E-state index in [1.54, 1.807) is 10.9 Å². The van der Waals surface area contributed by atoms with Gasteiger partial charge in [0.2, 0.25) is 5.95 Å². The number of rotatable bonds is 10. The van der Waals surface area contributed by atoms with Crippen molar-refractivity contribution in [3.63, 3.8) is 0 Å². The lowest BCUT2D eigenvalue weighted by Crippen LogP contribution is -2.27. The number of nitrogens with one attached hydrogen (secondary N) is 1. The van der Waals surface area contributed by atoms with Crippen LogP contribution in [0.5, 0.6) is 5.88 Å². The molecule has 0 bridgehead atoms. The number of hydrogen-bond acceptors (Lipinski definition) is 9. The minimum atomic E-state index is -1.47. The van der Waals surface area contributed by atoms with Crippen molar-refractivity contribution in [3.05, 3.63) is 23.9 Å². The molecule has 0 aliphatic heterocycles. The second-order valence-electron chi connectivity index (χ2n) is 7.63. The van der Waals surface area contributed by atoms with E-state index in [-0.39, 0.29) is 17.4 Å². The number of fused-ring (bicyclic) bond motifs is 1. The predicted octanol–water partition coefficient (Wildman–Crippen LogP) is 3.60. The van der Waals surface area contributed by atoms with Crippen LogP contribution in [0.4, 0.5) is 22.4 Å². The Labute approximate surface area is 186 Å². The minimum Gasteiger partial charge on any atom is -0.449 e. The fourth-order valence-electron chi connectivity index (χ4n) is 2.96. The third-order valence-electron chi connectivity index (χ3n) is 4.78. The van der Waals surface area contributed by atoms with Gasteiger partial charge in [0.15, 0.2) is 11.3 Å². The van der Waals surface area contributed by atoms with E-state index >= 15 is 0 Å². The third kappa shape index (κ3) is 5.41. The average molecular weight is 444 g/mol. The molecule has 3 aromatic rings. The number of carbonyl (C=O) groups is 1. The first-order valence-corrected chi connectivity index (χ1v) is 10.5. The summed E-state index contributed by atoms with van der Waals surface area (Å²) in [4.78, 5) is 26.8. The molecule has 0 radical (unpaired) electrons. The average Bonchev–Trinajstić information content (AvgIpc) is 3.07. The van der Waals surface area contributed by atoms with E-state index in [1.165, 1.54) is 0 Å². The monoisotopic (exact) mass is 443 g/mol. The highest BCUT2D eigenvalue weighted by atomic mass is 16.7. The number of nitrogens with zero attached hydrogens (tertiary/aromatic N) is 6. The van der Waals surface area contributed by atoms with Crippen molar-refractivity contribution in [1.82, 2.24) is 24.7 Å². The lowest BCUT2D eigenvalue weighted by atomic mass is 10.3. The second-order valence-corrected chi connectivity index (χ2v) is 7.63. The summed E-state index contributed by atoms with van der Waals surface area (Å²) in [6.45, 7) is 9.40. The lowest BCUT2D eigenvalue weighted by molar-refractivity contribution is 0.124. The molecule has 0 amide bonds. The Balaban J connectivity index is 2.16. The molecule has 32 heavy (non-hydrogen) atoms. The molecule has 3 heterocycles. The van der Waals surface area contributed by atoms with Crippen LogP contribution in [0, 0.1) is 6.92 Å². The van der Waals surface area contributed by atoms with E-state index in [0.29, 0.717) is 42.9 Å². The summed E-state index contributed by atoms with van der Waals surface area (Å²) in [5, 5.41) is 16.8. The van der Waals surface area contributed by atoms with Gasteiger partial charge in [-0.3, -0.25) is 4.68 Å². The number of carboxylic acid groups (broad SMARTS) is 1. The largest absolute Gasteiger partial charge is 0.512 e. The zero-order chi connectivity index (χ0) is 23.3. The Kier molecular flexibility index (Phi) is 7.41. The zero-order valence-corrected chi connectivity index (χ0v) is 19.0. The molecular formula is C21H29N7O4. The first-order valence-electron chi connectivity index (χ1n) is 10.5. The van der Waals surface area contributed by atoms with E-state index in [4.69, 9.17) is 14.5 Å². The van der Waals surface area contributed by atoms with Gasteiger partial charge in [-0.15, -0.1) is 5.10 Å². The predicted molar refractivity (Wildman–Crippen MR) is 121 cm³/mol. The zero-order valence-electron chi connectivity index (χ0n) is 19.0. The van der Waals surface area contributed by atoms with Crippen LogP contribution in [0.15, 0.2) is 18.3 Å². The molecule has 0 unspecified atom stereocenters. The molecule has 0 fully saturated rings. The van der Waals surface area contributed by atoms with Gasteiger partial charge in [-0.25, -0.2) is 14.8 Å². The van der Waals surface area contributed by atoms with Crippen LogP contribution in [0.25, 0.3) is 11.0 Å². The summed E-state index contributed by atoms with van der Waals surface area (Å²) >= 11 is 0. The smallest absolute Gasteiger partial charge is 0.449 e. The van der Waals surface area contributed by atoms with Gasteiger partial charge in [-0.1, -0.05) is 6.92 Å². The van der Waals surface area contributed by atoms with Gasteiger partial charge in [-0.2, -0.15) is 4.98 Å². The maximum Gasteiger partial charge on any atom is 0.512 e. The van der Waals surface area contributed by atoms with Gasteiger partial charge in [-0.05, 0) is 44.9 Å². The molecule has 11 nitrogen and oxygen atoms in total. The summed E-state index contributed by atoms with van der Waals surface area (Å²) in [6, 6.07) is 3.89. The van der Waals surface area contributed by atoms with E-state index in [9.17, 15) is 9.90 Å². The van der Waals surface area contributed by atoms with Crippen LogP contribution < -0.4 is 15.0 Å². The standard InChI is InChI=1S/C21H29N7O4/c1-6-10-31-11-9-28-17-16(19(26-28)32-21(29)30)24-20(27(5)13(2)3)25-18(17)23-15-12-14(4)7-8-22-15/h7-8,12-13H,6,9-11H2,1-5H3,(H,29,30)(H,22,23,24,25). The fourth-order valence-corrected chi connectivity index (χ4v) is 2.96. The highest BCUT2D eigenvalue weighted by Crippen LogP contribution is 2.32. The van der Waals surface area contributed by atoms with Crippen LogP contribution >= 0.6 is 0 Å². The van der Waals surface area contributed by atoms with Crippen LogP contribution in [-0.2, 0) is 11.3 Å². The van der Waals surface area contributed by atoms with Crippen molar-refractivity contribution >= 4 is 34.8 Å². The number of aromatic nitrogens is 5. The fraction of sp³-hybridized carbons (Fsp3) is 0.476. The van der Waals surface area contributed by atoms with Crippen molar-refractivity contribution in [1.29, 1.82) is 0 Å². The van der Waals surface area contributed by atoms with Gasteiger partial charge >= 0.3 is 6.16 Å². The van der Waals surface area contributed by atoms with Crippen LogP contribution in [0.1, 0.15) is 32.8 Å². The number of hydrogen-bond donors (Lipinski definition) is 2. The Morgan fingerprint density at radius 2 is 2.09 bits per heavy atom. The number of pyridine rings is 1. The SMILES string of the molecule is CCCOCCn1nc(OC(=O)O)c2nc(N(C)C(C)C)nc(Nc3cc(C)ccn3)c21. The summed E-state index contributed by atoms with van der Waals surface area (Å²) in [5.74, 6) is 1.33. The highest BCUT2D eigenvalue weighted by molar-refractivity contribution is 5.92. The van der Waals surface area contributed by atoms with Gasteiger partial charge < -0.3 is 24.8 Å². The second kappa shape index (κ2) is 10.2. The molecule has 172 valence electrons. The number of ether oxygens (including phenoxy) is 2. The van der Waals surface area contributed by atoms with E-state index in [2.05, 4.69) is 20.4 Å². The van der Waals surface area contributed by atoms with Gasteiger partial charge in [0, 0.05) is 25.9 Å². The first-order chi connectivity index (χ1) is 15.3. The van der Waals surface area contributed by atoms with Crippen LogP contribution in [0.3, 0.4) is 0 Å². The lowest BCUT2D eigenvalue weighted by Gasteiger charge is -2.22. The molecule has 0 aliphatic rings. The number of anilines is 3. The molecule has 3 aromatic heterocycles. The van der Waals surface area contributed by atoms with Crippen molar-refractivity contribution in [2.75, 3.05) is 30.5 Å². The van der Waals surface area contributed by atoms with Gasteiger partial charge in [0.25, 0.3) is 5.88 Å². The summed E-state index contributed by atoms with van der Waals surface area (Å²) in [7, 11) is 1.86. The maximum atomic E-state index is 11.3. The van der Waals surface area contributed by atoms with Crippen LogP contribution in [-0.4, -0.2) is 62.3 Å². The molecule has 2 N–H and O–H groups in total. The van der Waals surface area contributed by atoms with E-state index in [1.807, 2.05) is 51.8 Å². The molecule has 0 spiro atoms. The van der Waals surface area contributed by atoms with Gasteiger partial charge in [0.05, 0.1) is 13.2 Å². The highest BCUT2D eigenvalue weighted by Gasteiger charge is 2.23. The molecule has 3 rings (SSSR count). The summed E-state index contributed by atoms with van der Waals surface area (Å²) in [6.07, 6.45) is 1.13. The molecule has 0 atom stereocenters. The summed E-state index contributed by atoms with van der Waals surface area (Å²) in [5.41, 5.74) is 1.82. The van der Waals surface area contributed by atoms with E-state index in [0.717, 1.165) is 12.0 Å². The topological polar surface area (TPSA) is 128 Å². The molecule has 0 aliphatic carbocycles. The first kappa shape index (κ1) is 23.2. The Bertz CT molecular complexity index is 1080. The maximum absolute atomic E-state index is 11.3. The minimum absolute atomic E-state index is 0.107. The van der Waals surface area contributed by atoms with Gasteiger partial charge in [0.1, 0.15) is 11.3 Å².